The SMILES string of the molecule is CC1(C)CC([C@@H]2C[C@]3(C)CC[C@@]2(C)[C@@H]3O)C1. The van der Waals surface area contributed by atoms with E-state index in [2.05, 4.69) is 27.7 Å². The summed E-state index contributed by atoms with van der Waals surface area (Å²) in [5.74, 6) is 1.70. The van der Waals surface area contributed by atoms with Crippen molar-refractivity contribution in [3.63, 3.8) is 0 Å². The van der Waals surface area contributed by atoms with Crippen molar-refractivity contribution in [1.29, 1.82) is 0 Å². The number of rotatable bonds is 1. The molecule has 4 atom stereocenters. The van der Waals surface area contributed by atoms with Crippen molar-refractivity contribution < 1.29 is 5.11 Å². The van der Waals surface area contributed by atoms with Crippen LogP contribution in [0.15, 0.2) is 0 Å². The van der Waals surface area contributed by atoms with Gasteiger partial charge in [0.25, 0.3) is 0 Å². The van der Waals surface area contributed by atoms with Gasteiger partial charge in [0.1, 0.15) is 0 Å². The van der Waals surface area contributed by atoms with Gasteiger partial charge in [-0.3, -0.25) is 0 Å². The topological polar surface area (TPSA) is 20.2 Å². The van der Waals surface area contributed by atoms with Gasteiger partial charge >= 0.3 is 0 Å². The zero-order valence-electron chi connectivity index (χ0n) is 11.2. The lowest BCUT2D eigenvalue weighted by atomic mass is 9.54. The van der Waals surface area contributed by atoms with E-state index < -0.39 is 0 Å². The first-order valence-corrected chi connectivity index (χ1v) is 6.95. The highest BCUT2D eigenvalue weighted by atomic mass is 16.3. The molecule has 0 spiro atoms. The van der Waals surface area contributed by atoms with Gasteiger partial charge in [-0.1, -0.05) is 27.7 Å². The molecule has 0 amide bonds. The fourth-order valence-electron chi connectivity index (χ4n) is 5.31. The normalized spacial score (nSPS) is 55.3. The van der Waals surface area contributed by atoms with Crippen molar-refractivity contribution in [2.75, 3.05) is 0 Å². The van der Waals surface area contributed by atoms with E-state index in [0.717, 1.165) is 11.8 Å². The Bertz CT molecular complexity index is 313. The molecule has 3 rings (SSSR count). The zero-order chi connectivity index (χ0) is 11.8. The molecule has 0 aliphatic heterocycles. The molecule has 3 aliphatic carbocycles. The van der Waals surface area contributed by atoms with Crippen LogP contribution in [0, 0.1) is 28.1 Å². The van der Waals surface area contributed by atoms with E-state index in [1.807, 2.05) is 0 Å². The standard InChI is InChI=1S/C15H26O/c1-13(2)7-10(8-13)11-9-14(3)5-6-15(11,4)12(14)16/h10-12,16H,5-9H2,1-4H3/t11-,12+,14-,15+/m0/s1. The Kier molecular flexibility index (Phi) is 1.98. The van der Waals surface area contributed by atoms with E-state index in [4.69, 9.17) is 0 Å². The molecule has 0 aromatic rings. The number of aliphatic hydroxyl groups excluding tert-OH is 1. The number of hydrogen-bond donors (Lipinski definition) is 1. The first-order chi connectivity index (χ1) is 7.27. The highest BCUT2D eigenvalue weighted by Gasteiger charge is 2.64. The Balaban J connectivity index is 1.80. The zero-order valence-corrected chi connectivity index (χ0v) is 11.2. The number of fused-ring (bicyclic) bond motifs is 2. The van der Waals surface area contributed by atoms with Crippen LogP contribution in [0.1, 0.15) is 59.8 Å². The second-order valence-corrected chi connectivity index (χ2v) is 8.21. The summed E-state index contributed by atoms with van der Waals surface area (Å²) in [6.45, 7) is 9.44. The lowest BCUT2D eigenvalue weighted by Crippen LogP contribution is -2.43. The van der Waals surface area contributed by atoms with Gasteiger partial charge in [0.2, 0.25) is 0 Å². The first-order valence-electron chi connectivity index (χ1n) is 6.95. The maximum atomic E-state index is 10.5. The van der Waals surface area contributed by atoms with Crippen LogP contribution in [0.2, 0.25) is 0 Å². The molecule has 1 nitrogen and oxygen atoms in total. The van der Waals surface area contributed by atoms with Gasteiger partial charge in [-0.2, -0.15) is 0 Å². The summed E-state index contributed by atoms with van der Waals surface area (Å²) >= 11 is 0. The molecule has 0 heterocycles. The van der Waals surface area contributed by atoms with Crippen molar-refractivity contribution in [2.45, 2.75) is 65.9 Å². The third-order valence-corrected chi connectivity index (χ3v) is 6.25. The minimum Gasteiger partial charge on any atom is -0.392 e. The van der Waals surface area contributed by atoms with Crippen LogP contribution in [0.3, 0.4) is 0 Å². The van der Waals surface area contributed by atoms with Gasteiger partial charge in [0.15, 0.2) is 0 Å². The van der Waals surface area contributed by atoms with E-state index in [0.29, 0.717) is 5.41 Å². The summed E-state index contributed by atoms with van der Waals surface area (Å²) in [4.78, 5) is 0. The molecule has 92 valence electrons. The molecule has 0 unspecified atom stereocenters. The van der Waals surface area contributed by atoms with Gasteiger partial charge in [0, 0.05) is 0 Å². The van der Waals surface area contributed by atoms with Gasteiger partial charge in [-0.05, 0) is 60.2 Å². The van der Waals surface area contributed by atoms with E-state index in [1.165, 1.54) is 32.1 Å². The van der Waals surface area contributed by atoms with Crippen molar-refractivity contribution in [2.24, 2.45) is 28.1 Å². The summed E-state index contributed by atoms with van der Waals surface area (Å²) < 4.78 is 0. The molecule has 1 N–H and O–H groups in total. The second kappa shape index (κ2) is 2.85. The Labute approximate surface area is 99.6 Å². The Morgan fingerprint density at radius 3 is 1.94 bits per heavy atom. The van der Waals surface area contributed by atoms with Crippen LogP contribution in [-0.2, 0) is 0 Å². The molecule has 1 heteroatoms. The summed E-state index contributed by atoms with van der Waals surface area (Å²) in [7, 11) is 0. The fraction of sp³-hybridized carbons (Fsp3) is 1.00. The largest absolute Gasteiger partial charge is 0.392 e. The van der Waals surface area contributed by atoms with E-state index in [1.54, 1.807) is 0 Å². The Morgan fingerprint density at radius 2 is 1.56 bits per heavy atom. The molecule has 0 aromatic heterocycles. The minimum atomic E-state index is -0.0336. The molecule has 2 bridgehead atoms. The maximum absolute atomic E-state index is 10.5. The van der Waals surface area contributed by atoms with Crippen LogP contribution in [-0.4, -0.2) is 11.2 Å². The van der Waals surface area contributed by atoms with Crippen LogP contribution in [0.25, 0.3) is 0 Å². The predicted molar refractivity (Wildman–Crippen MR) is 66.1 cm³/mol. The smallest absolute Gasteiger partial charge is 0.0650 e. The number of aliphatic hydroxyl groups is 1. The van der Waals surface area contributed by atoms with Gasteiger partial charge in [-0.15, -0.1) is 0 Å². The van der Waals surface area contributed by atoms with Crippen LogP contribution >= 0.6 is 0 Å². The van der Waals surface area contributed by atoms with Crippen molar-refractivity contribution >= 4 is 0 Å². The van der Waals surface area contributed by atoms with Crippen LogP contribution in [0.5, 0.6) is 0 Å². The Hall–Kier alpha value is -0.0400. The lowest BCUT2D eigenvalue weighted by Gasteiger charge is -2.50. The molecule has 3 aliphatic rings. The predicted octanol–water partition coefficient (Wildman–Crippen LogP) is 3.61. The molecular weight excluding hydrogens is 196 g/mol. The summed E-state index contributed by atoms with van der Waals surface area (Å²) in [6, 6.07) is 0. The lowest BCUT2D eigenvalue weighted by molar-refractivity contribution is -0.0293. The summed E-state index contributed by atoms with van der Waals surface area (Å²) in [5.41, 5.74) is 1.07. The quantitative estimate of drug-likeness (QED) is 0.718. The molecule has 3 saturated carbocycles. The van der Waals surface area contributed by atoms with Gasteiger partial charge in [0.05, 0.1) is 6.10 Å². The van der Waals surface area contributed by atoms with Gasteiger partial charge in [-0.25, -0.2) is 0 Å². The average molecular weight is 222 g/mol. The number of hydrogen-bond acceptors (Lipinski definition) is 1. The first kappa shape index (κ1) is 11.1. The van der Waals surface area contributed by atoms with E-state index in [-0.39, 0.29) is 16.9 Å². The summed E-state index contributed by atoms with van der Waals surface area (Å²) in [5, 5.41) is 10.5. The van der Waals surface area contributed by atoms with Crippen LogP contribution < -0.4 is 0 Å². The highest BCUT2D eigenvalue weighted by molar-refractivity contribution is 5.14. The van der Waals surface area contributed by atoms with Crippen molar-refractivity contribution in [1.82, 2.24) is 0 Å². The third kappa shape index (κ3) is 1.21. The third-order valence-electron chi connectivity index (χ3n) is 6.25. The maximum Gasteiger partial charge on any atom is 0.0650 e. The fourth-order valence-corrected chi connectivity index (χ4v) is 5.31. The average Bonchev–Trinajstić information content (AvgIpc) is 2.48. The highest BCUT2D eigenvalue weighted by Crippen LogP contribution is 2.69. The van der Waals surface area contributed by atoms with E-state index >= 15 is 0 Å². The molecule has 16 heavy (non-hydrogen) atoms. The monoisotopic (exact) mass is 222 g/mol. The molecule has 0 saturated heterocycles. The molecule has 0 aromatic carbocycles. The Morgan fingerprint density at radius 1 is 0.938 bits per heavy atom. The van der Waals surface area contributed by atoms with Crippen molar-refractivity contribution in [3.8, 4) is 0 Å². The second-order valence-electron chi connectivity index (χ2n) is 8.21. The molecule has 3 fully saturated rings. The molecular formula is C15H26O. The van der Waals surface area contributed by atoms with Crippen LogP contribution in [0.4, 0.5) is 0 Å². The van der Waals surface area contributed by atoms with Crippen molar-refractivity contribution in [3.05, 3.63) is 0 Å². The molecule has 0 radical (unpaired) electrons. The summed E-state index contributed by atoms with van der Waals surface area (Å²) in [6.07, 6.45) is 6.52. The minimum absolute atomic E-state index is 0.0336. The van der Waals surface area contributed by atoms with Gasteiger partial charge < -0.3 is 5.11 Å². The van der Waals surface area contributed by atoms with E-state index in [9.17, 15) is 5.11 Å².